The molecule has 0 amide bonds. The highest BCUT2D eigenvalue weighted by atomic mass is 16.5. The summed E-state index contributed by atoms with van der Waals surface area (Å²) < 4.78 is 4.86. The molecule has 0 bridgehead atoms. The van der Waals surface area contributed by atoms with E-state index in [2.05, 4.69) is 11.8 Å². The third-order valence-electron chi connectivity index (χ3n) is 4.25. The van der Waals surface area contributed by atoms with Crippen LogP contribution in [0.1, 0.15) is 39.5 Å². The Morgan fingerprint density at radius 3 is 2.00 bits per heavy atom. The van der Waals surface area contributed by atoms with E-state index in [1.54, 1.807) is 0 Å². The summed E-state index contributed by atoms with van der Waals surface area (Å²) in [6, 6.07) is 0.309. The van der Waals surface area contributed by atoms with Crippen LogP contribution in [0.25, 0.3) is 0 Å². The lowest BCUT2D eigenvalue weighted by Crippen LogP contribution is -2.43. The average Bonchev–Trinajstić information content (AvgIpc) is 3.19. The van der Waals surface area contributed by atoms with E-state index < -0.39 is 0 Å². The minimum atomic E-state index is -0.0749. The second-order valence-electron chi connectivity index (χ2n) is 5.89. The molecule has 0 spiro atoms. The first kappa shape index (κ1) is 12.9. The molecule has 2 aliphatic rings. The summed E-state index contributed by atoms with van der Waals surface area (Å²) in [7, 11) is 1.48. The fourth-order valence-corrected chi connectivity index (χ4v) is 2.37. The fourth-order valence-electron chi connectivity index (χ4n) is 2.37. The number of ether oxygens (including phenoxy) is 1. The van der Waals surface area contributed by atoms with Crippen molar-refractivity contribution in [2.45, 2.75) is 45.6 Å². The molecule has 2 atom stereocenters. The normalized spacial score (nSPS) is 23.5. The highest BCUT2D eigenvalue weighted by molar-refractivity contribution is 5.72. The van der Waals surface area contributed by atoms with Crippen LogP contribution >= 0.6 is 0 Å². The number of esters is 1. The zero-order valence-corrected chi connectivity index (χ0v) is 11.3. The molecule has 0 N–H and O–H groups in total. The second kappa shape index (κ2) is 5.38. The van der Waals surface area contributed by atoms with E-state index in [9.17, 15) is 4.79 Å². The van der Waals surface area contributed by atoms with E-state index in [0.29, 0.717) is 6.04 Å². The van der Waals surface area contributed by atoms with Gasteiger partial charge < -0.3 is 4.74 Å². The van der Waals surface area contributed by atoms with Gasteiger partial charge in [0, 0.05) is 19.1 Å². The predicted molar refractivity (Wildman–Crippen MR) is 67.7 cm³/mol. The Balaban J connectivity index is 1.89. The smallest absolute Gasteiger partial charge is 0.309 e. The molecule has 0 saturated heterocycles. The van der Waals surface area contributed by atoms with Crippen LogP contribution in [0.15, 0.2) is 0 Å². The number of methoxy groups -OCH3 is 1. The summed E-state index contributed by atoms with van der Waals surface area (Å²) in [5.41, 5.74) is 0. The van der Waals surface area contributed by atoms with Gasteiger partial charge in [-0.25, -0.2) is 0 Å². The van der Waals surface area contributed by atoms with Gasteiger partial charge in [0.1, 0.15) is 0 Å². The van der Waals surface area contributed by atoms with Crippen LogP contribution in [-0.4, -0.2) is 37.1 Å². The van der Waals surface area contributed by atoms with Crippen molar-refractivity contribution in [2.24, 2.45) is 17.8 Å². The van der Waals surface area contributed by atoms with Gasteiger partial charge in [0.05, 0.1) is 13.0 Å². The molecule has 2 unspecified atom stereocenters. The van der Waals surface area contributed by atoms with Crippen molar-refractivity contribution in [3.63, 3.8) is 0 Å². The molecule has 0 aliphatic heterocycles. The number of carbonyl (C=O) groups excluding carboxylic acids is 1. The fraction of sp³-hybridized carbons (Fsp3) is 0.929. The number of hydrogen-bond donors (Lipinski definition) is 0. The molecule has 2 fully saturated rings. The second-order valence-corrected chi connectivity index (χ2v) is 5.89. The quantitative estimate of drug-likeness (QED) is 0.638. The van der Waals surface area contributed by atoms with Gasteiger partial charge in [0.15, 0.2) is 0 Å². The van der Waals surface area contributed by atoms with Crippen molar-refractivity contribution >= 4 is 5.97 Å². The highest BCUT2D eigenvalue weighted by Gasteiger charge is 2.34. The van der Waals surface area contributed by atoms with Gasteiger partial charge in [0.2, 0.25) is 0 Å². The molecule has 3 heteroatoms. The maximum absolute atomic E-state index is 11.6. The molecule has 0 radical (unpaired) electrons. The molecule has 2 aliphatic carbocycles. The SMILES string of the molecule is COC(=O)C(C)C(C)N(CC1CC1)CC1CC1. The van der Waals surface area contributed by atoms with Gasteiger partial charge in [-0.15, -0.1) is 0 Å². The lowest BCUT2D eigenvalue weighted by Gasteiger charge is -2.32. The van der Waals surface area contributed by atoms with Crippen molar-refractivity contribution in [1.29, 1.82) is 0 Å². The number of carbonyl (C=O) groups is 1. The van der Waals surface area contributed by atoms with Crippen LogP contribution in [0.3, 0.4) is 0 Å². The summed E-state index contributed by atoms with van der Waals surface area (Å²) in [4.78, 5) is 14.1. The lowest BCUT2D eigenvalue weighted by atomic mass is 10.0. The molecule has 0 aromatic rings. The molecule has 0 aromatic carbocycles. The van der Waals surface area contributed by atoms with Gasteiger partial charge in [-0.1, -0.05) is 6.92 Å². The lowest BCUT2D eigenvalue weighted by molar-refractivity contribution is -0.147. The summed E-state index contributed by atoms with van der Waals surface area (Å²) in [6.45, 7) is 6.52. The van der Waals surface area contributed by atoms with E-state index in [-0.39, 0.29) is 11.9 Å². The van der Waals surface area contributed by atoms with Crippen LogP contribution in [0.2, 0.25) is 0 Å². The van der Waals surface area contributed by atoms with E-state index >= 15 is 0 Å². The molecule has 17 heavy (non-hydrogen) atoms. The Bertz CT molecular complexity index is 257. The Morgan fingerprint density at radius 2 is 1.65 bits per heavy atom. The molecule has 0 aromatic heterocycles. The first-order valence-electron chi connectivity index (χ1n) is 6.93. The molecule has 0 heterocycles. The van der Waals surface area contributed by atoms with Gasteiger partial charge in [-0.3, -0.25) is 9.69 Å². The van der Waals surface area contributed by atoms with E-state index in [1.807, 2.05) is 6.92 Å². The Hall–Kier alpha value is -0.570. The van der Waals surface area contributed by atoms with Crippen LogP contribution in [0, 0.1) is 17.8 Å². The molecule has 98 valence electrons. The summed E-state index contributed by atoms with van der Waals surface area (Å²) in [5.74, 6) is 1.69. The number of rotatable bonds is 7. The van der Waals surface area contributed by atoms with Crippen molar-refractivity contribution in [2.75, 3.05) is 20.2 Å². The standard InChI is InChI=1S/C14H25NO2/c1-10(14(16)17-3)11(2)15(8-12-4-5-12)9-13-6-7-13/h10-13H,4-9H2,1-3H3. The predicted octanol–water partition coefficient (Wildman–Crippen LogP) is 2.31. The first-order valence-corrected chi connectivity index (χ1v) is 6.93. The van der Waals surface area contributed by atoms with E-state index in [4.69, 9.17) is 4.74 Å². The number of hydrogen-bond acceptors (Lipinski definition) is 3. The maximum atomic E-state index is 11.6. The van der Waals surface area contributed by atoms with Gasteiger partial charge in [-0.05, 0) is 44.4 Å². The third-order valence-corrected chi connectivity index (χ3v) is 4.25. The first-order chi connectivity index (χ1) is 8.11. The minimum absolute atomic E-state index is 0.0162. The van der Waals surface area contributed by atoms with E-state index in [0.717, 1.165) is 11.8 Å². The largest absolute Gasteiger partial charge is 0.469 e. The number of nitrogens with zero attached hydrogens (tertiary/aromatic N) is 1. The van der Waals surface area contributed by atoms with Crippen LogP contribution in [0.4, 0.5) is 0 Å². The third kappa shape index (κ3) is 3.70. The van der Waals surface area contributed by atoms with Gasteiger partial charge >= 0.3 is 5.97 Å². The summed E-state index contributed by atoms with van der Waals surface area (Å²) >= 11 is 0. The van der Waals surface area contributed by atoms with Gasteiger partial charge in [0.25, 0.3) is 0 Å². The van der Waals surface area contributed by atoms with Gasteiger partial charge in [-0.2, -0.15) is 0 Å². The topological polar surface area (TPSA) is 29.5 Å². The van der Waals surface area contributed by atoms with E-state index in [1.165, 1.54) is 45.9 Å². The Morgan fingerprint density at radius 1 is 1.18 bits per heavy atom. The average molecular weight is 239 g/mol. The van der Waals surface area contributed by atoms with Crippen molar-refractivity contribution in [3.05, 3.63) is 0 Å². The molecule has 2 rings (SSSR count). The van der Waals surface area contributed by atoms with Crippen LogP contribution in [0.5, 0.6) is 0 Å². The maximum Gasteiger partial charge on any atom is 0.309 e. The zero-order chi connectivity index (χ0) is 12.4. The van der Waals surface area contributed by atoms with Crippen molar-refractivity contribution in [3.8, 4) is 0 Å². The zero-order valence-electron chi connectivity index (χ0n) is 11.3. The molecular formula is C14H25NO2. The molecular weight excluding hydrogens is 214 g/mol. The summed E-state index contributed by atoms with van der Waals surface area (Å²) in [5, 5.41) is 0. The minimum Gasteiger partial charge on any atom is -0.469 e. The summed E-state index contributed by atoms with van der Waals surface area (Å²) in [6.07, 6.45) is 5.50. The van der Waals surface area contributed by atoms with Crippen LogP contribution < -0.4 is 0 Å². The highest BCUT2D eigenvalue weighted by Crippen LogP contribution is 2.35. The molecule has 2 saturated carbocycles. The Labute approximate surface area is 105 Å². The molecule has 3 nitrogen and oxygen atoms in total. The van der Waals surface area contributed by atoms with Crippen molar-refractivity contribution in [1.82, 2.24) is 4.90 Å². The monoisotopic (exact) mass is 239 g/mol. The van der Waals surface area contributed by atoms with Crippen molar-refractivity contribution < 1.29 is 9.53 Å². The Kier molecular flexibility index (Phi) is 4.08. The van der Waals surface area contributed by atoms with Crippen LogP contribution in [-0.2, 0) is 9.53 Å².